The average Bonchev–Trinajstić information content (AvgIpc) is 3.17. The highest BCUT2D eigenvalue weighted by Crippen LogP contribution is 2.24. The molecular formula is C21H22N2O3S2. The standard InChI is InChI=1S/C21H22N2O3S2/c1-21(2,3)16-11-9-15(10-12-16)20(24)22-17-6-4-7-18(14-17)23-28(25,26)19-8-5-13-27-19/h4-14,23H,1-3H3,(H,22,24). The van der Waals surface area contributed by atoms with Crippen LogP contribution >= 0.6 is 11.3 Å². The van der Waals surface area contributed by atoms with Crippen LogP contribution < -0.4 is 10.0 Å². The lowest BCUT2D eigenvalue weighted by atomic mass is 9.87. The Morgan fingerprint density at radius 3 is 2.21 bits per heavy atom. The summed E-state index contributed by atoms with van der Waals surface area (Å²) in [6.07, 6.45) is 0. The zero-order chi connectivity index (χ0) is 20.4. The Morgan fingerprint density at radius 2 is 1.61 bits per heavy atom. The van der Waals surface area contributed by atoms with Crippen molar-refractivity contribution >= 4 is 38.6 Å². The van der Waals surface area contributed by atoms with Crippen molar-refractivity contribution in [3.8, 4) is 0 Å². The molecule has 146 valence electrons. The maximum Gasteiger partial charge on any atom is 0.271 e. The van der Waals surface area contributed by atoms with Gasteiger partial charge in [0.1, 0.15) is 4.21 Å². The van der Waals surface area contributed by atoms with Gasteiger partial charge < -0.3 is 5.32 Å². The number of hydrogen-bond acceptors (Lipinski definition) is 4. The molecule has 0 bridgehead atoms. The van der Waals surface area contributed by atoms with Gasteiger partial charge in [-0.25, -0.2) is 8.42 Å². The molecule has 1 heterocycles. The van der Waals surface area contributed by atoms with Crippen molar-refractivity contribution in [2.24, 2.45) is 0 Å². The molecule has 3 rings (SSSR count). The fourth-order valence-electron chi connectivity index (χ4n) is 2.61. The van der Waals surface area contributed by atoms with Gasteiger partial charge in [0.15, 0.2) is 0 Å². The van der Waals surface area contributed by atoms with Gasteiger partial charge in [-0.2, -0.15) is 0 Å². The number of carbonyl (C=O) groups is 1. The van der Waals surface area contributed by atoms with E-state index >= 15 is 0 Å². The largest absolute Gasteiger partial charge is 0.322 e. The van der Waals surface area contributed by atoms with Crippen LogP contribution in [0.3, 0.4) is 0 Å². The molecule has 0 fully saturated rings. The van der Waals surface area contributed by atoms with Gasteiger partial charge >= 0.3 is 0 Å². The number of nitrogens with one attached hydrogen (secondary N) is 2. The summed E-state index contributed by atoms with van der Waals surface area (Å²) in [6.45, 7) is 6.35. The van der Waals surface area contributed by atoms with Gasteiger partial charge in [-0.15, -0.1) is 11.3 Å². The molecule has 2 aromatic carbocycles. The summed E-state index contributed by atoms with van der Waals surface area (Å²) in [5.74, 6) is -0.251. The van der Waals surface area contributed by atoms with E-state index in [9.17, 15) is 13.2 Å². The fourth-order valence-corrected chi connectivity index (χ4v) is 4.65. The number of rotatable bonds is 5. The summed E-state index contributed by atoms with van der Waals surface area (Å²) in [5.41, 5.74) is 2.60. The van der Waals surface area contributed by atoms with Gasteiger partial charge in [0.2, 0.25) is 0 Å². The van der Waals surface area contributed by atoms with Crippen LogP contribution in [0, 0.1) is 0 Å². The molecule has 0 spiro atoms. The Balaban J connectivity index is 1.73. The predicted octanol–water partition coefficient (Wildman–Crippen LogP) is 5.10. The smallest absolute Gasteiger partial charge is 0.271 e. The minimum Gasteiger partial charge on any atom is -0.322 e. The van der Waals surface area contributed by atoms with Crippen LogP contribution in [-0.2, 0) is 15.4 Å². The van der Waals surface area contributed by atoms with Crippen LogP contribution in [0.2, 0.25) is 0 Å². The monoisotopic (exact) mass is 414 g/mol. The first-order valence-corrected chi connectivity index (χ1v) is 11.1. The third-order valence-corrected chi connectivity index (χ3v) is 6.92. The molecule has 0 saturated carbocycles. The van der Waals surface area contributed by atoms with Crippen LogP contribution in [0.15, 0.2) is 70.3 Å². The number of thiophene rings is 1. The molecule has 3 aromatic rings. The van der Waals surface area contributed by atoms with Crippen LogP contribution in [-0.4, -0.2) is 14.3 Å². The number of sulfonamides is 1. The van der Waals surface area contributed by atoms with E-state index < -0.39 is 10.0 Å². The van der Waals surface area contributed by atoms with E-state index in [2.05, 4.69) is 30.8 Å². The highest BCUT2D eigenvalue weighted by Gasteiger charge is 2.16. The highest BCUT2D eigenvalue weighted by molar-refractivity contribution is 7.94. The number of anilines is 2. The van der Waals surface area contributed by atoms with E-state index in [-0.39, 0.29) is 15.5 Å². The fraction of sp³-hybridized carbons (Fsp3) is 0.190. The summed E-state index contributed by atoms with van der Waals surface area (Å²) in [4.78, 5) is 12.5. The van der Waals surface area contributed by atoms with Crippen molar-refractivity contribution in [2.45, 2.75) is 30.4 Å². The topological polar surface area (TPSA) is 75.3 Å². The minimum absolute atomic E-state index is 0.0169. The van der Waals surface area contributed by atoms with Crippen LogP contribution in [0.4, 0.5) is 11.4 Å². The average molecular weight is 415 g/mol. The van der Waals surface area contributed by atoms with E-state index in [1.54, 1.807) is 53.9 Å². The van der Waals surface area contributed by atoms with Crippen LogP contribution in [0.25, 0.3) is 0 Å². The molecule has 5 nitrogen and oxygen atoms in total. The first-order valence-electron chi connectivity index (χ1n) is 8.73. The molecule has 2 N–H and O–H groups in total. The Labute approximate surface area is 169 Å². The van der Waals surface area contributed by atoms with E-state index in [1.165, 1.54) is 0 Å². The molecule has 28 heavy (non-hydrogen) atoms. The second-order valence-electron chi connectivity index (χ2n) is 7.40. The Morgan fingerprint density at radius 1 is 0.929 bits per heavy atom. The van der Waals surface area contributed by atoms with Gasteiger partial charge in [-0.05, 0) is 52.8 Å². The molecule has 0 unspecified atom stereocenters. The lowest BCUT2D eigenvalue weighted by Gasteiger charge is -2.19. The molecule has 0 aliphatic heterocycles. The number of benzene rings is 2. The van der Waals surface area contributed by atoms with Crippen molar-refractivity contribution in [3.63, 3.8) is 0 Å². The Kier molecular flexibility index (Phi) is 5.58. The van der Waals surface area contributed by atoms with E-state index in [4.69, 9.17) is 0 Å². The van der Waals surface area contributed by atoms with Gasteiger partial charge in [0.05, 0.1) is 5.69 Å². The lowest BCUT2D eigenvalue weighted by Crippen LogP contribution is -2.15. The van der Waals surface area contributed by atoms with Gasteiger partial charge in [0.25, 0.3) is 15.9 Å². The molecule has 1 aromatic heterocycles. The highest BCUT2D eigenvalue weighted by atomic mass is 32.2. The summed E-state index contributed by atoms with van der Waals surface area (Å²) in [6, 6.07) is 17.3. The third kappa shape index (κ3) is 4.79. The molecule has 1 amide bonds. The van der Waals surface area contributed by atoms with Gasteiger partial charge in [0, 0.05) is 11.3 Å². The number of hydrogen-bond donors (Lipinski definition) is 2. The van der Waals surface area contributed by atoms with E-state index in [0.717, 1.165) is 16.9 Å². The van der Waals surface area contributed by atoms with Crippen molar-refractivity contribution in [1.82, 2.24) is 0 Å². The van der Waals surface area contributed by atoms with Crippen molar-refractivity contribution < 1.29 is 13.2 Å². The molecule has 0 radical (unpaired) electrons. The maximum absolute atomic E-state index is 12.5. The number of amides is 1. The van der Waals surface area contributed by atoms with Crippen molar-refractivity contribution in [2.75, 3.05) is 10.0 Å². The summed E-state index contributed by atoms with van der Waals surface area (Å²) < 4.78 is 27.5. The van der Waals surface area contributed by atoms with E-state index in [0.29, 0.717) is 16.9 Å². The lowest BCUT2D eigenvalue weighted by molar-refractivity contribution is 0.102. The van der Waals surface area contributed by atoms with Crippen molar-refractivity contribution in [3.05, 3.63) is 77.2 Å². The third-order valence-electron chi connectivity index (χ3n) is 4.15. The second kappa shape index (κ2) is 7.77. The quantitative estimate of drug-likeness (QED) is 0.610. The van der Waals surface area contributed by atoms with Gasteiger partial charge in [-0.1, -0.05) is 45.0 Å². The van der Waals surface area contributed by atoms with E-state index in [1.807, 2.05) is 12.1 Å². The molecule has 0 saturated heterocycles. The maximum atomic E-state index is 12.5. The van der Waals surface area contributed by atoms with Gasteiger partial charge in [-0.3, -0.25) is 9.52 Å². The summed E-state index contributed by atoms with van der Waals surface area (Å²) >= 11 is 1.14. The van der Waals surface area contributed by atoms with Crippen LogP contribution in [0.5, 0.6) is 0 Å². The zero-order valence-corrected chi connectivity index (χ0v) is 17.5. The molecular weight excluding hydrogens is 392 g/mol. The normalized spacial score (nSPS) is 11.8. The first-order chi connectivity index (χ1) is 13.1. The Bertz CT molecular complexity index is 1070. The SMILES string of the molecule is CC(C)(C)c1ccc(C(=O)Nc2cccc(NS(=O)(=O)c3cccs3)c2)cc1. The Hall–Kier alpha value is -2.64. The van der Waals surface area contributed by atoms with Crippen molar-refractivity contribution in [1.29, 1.82) is 0 Å². The predicted molar refractivity (Wildman–Crippen MR) is 115 cm³/mol. The first kappa shape index (κ1) is 20.1. The summed E-state index contributed by atoms with van der Waals surface area (Å²) in [5, 5.41) is 4.51. The molecule has 7 heteroatoms. The van der Waals surface area contributed by atoms with Crippen LogP contribution in [0.1, 0.15) is 36.7 Å². The molecule has 0 atom stereocenters. The molecule has 0 aliphatic carbocycles. The number of carbonyl (C=O) groups excluding carboxylic acids is 1. The minimum atomic E-state index is -3.63. The zero-order valence-electron chi connectivity index (χ0n) is 15.9. The second-order valence-corrected chi connectivity index (χ2v) is 10.3. The molecule has 0 aliphatic rings. The summed E-state index contributed by atoms with van der Waals surface area (Å²) in [7, 11) is -3.63.